The summed E-state index contributed by atoms with van der Waals surface area (Å²) < 4.78 is 0. The summed E-state index contributed by atoms with van der Waals surface area (Å²) in [4.78, 5) is 0. The van der Waals surface area contributed by atoms with Gasteiger partial charge >= 0.3 is 0 Å². The zero-order chi connectivity index (χ0) is 17.1. The Morgan fingerprint density at radius 1 is 0.500 bits per heavy atom. The largest absolute Gasteiger partial charge is 0.0654 e. The lowest BCUT2D eigenvalue weighted by Gasteiger charge is -2.05. The minimum absolute atomic E-state index is 0.213. The van der Waals surface area contributed by atoms with Crippen LogP contribution in [0.15, 0.2) is 0 Å². The molecule has 0 spiro atoms. The fraction of sp³-hybridized carbons (Fsp3) is 1.00. The molecule has 22 heavy (non-hydrogen) atoms. The van der Waals surface area contributed by atoms with Gasteiger partial charge in [-0.15, -0.1) is 0 Å². The molecule has 2 atom stereocenters. The zero-order valence-electron chi connectivity index (χ0n) is 15.5. The van der Waals surface area contributed by atoms with Gasteiger partial charge in [-0.25, -0.2) is 0 Å². The van der Waals surface area contributed by atoms with Crippen molar-refractivity contribution >= 4 is 44.2 Å². The number of hydrogen-bond acceptors (Lipinski definition) is 0. The molecule has 0 aromatic carbocycles. The highest BCUT2D eigenvalue weighted by Gasteiger charge is 1.99. The first-order valence-electron chi connectivity index (χ1n) is 9.43. The van der Waals surface area contributed by atoms with Crippen LogP contribution in [-0.4, -0.2) is 24.6 Å². The van der Waals surface area contributed by atoms with Crippen LogP contribution in [0.2, 0.25) is 0 Å². The van der Waals surface area contributed by atoms with Crippen LogP contribution in [-0.2, 0) is 0 Å². The monoisotopic (exact) mass is 476 g/mol. The molecule has 0 fully saturated rings. The number of unbranched alkanes of at least 4 members (excludes halogenated alkanes) is 8. The molecule has 0 aliphatic carbocycles. The Balaban J connectivity index is 0. The van der Waals surface area contributed by atoms with Gasteiger partial charge in [0.1, 0.15) is 0 Å². The summed E-state index contributed by atoms with van der Waals surface area (Å²) in [6.07, 6.45) is 19.7. The van der Waals surface area contributed by atoms with Gasteiger partial charge in [0.15, 0.2) is 0 Å². The molecule has 0 heterocycles. The van der Waals surface area contributed by atoms with Gasteiger partial charge in [-0.2, -0.15) is 0 Å². The SMILES string of the molecule is CCCCCCCP(Br)CC.CCCCCCCP(Br)CC. The Bertz CT molecular complexity index is 172. The highest BCUT2D eigenvalue weighted by atomic mass is 79.9. The van der Waals surface area contributed by atoms with E-state index in [0.29, 0.717) is 0 Å². The summed E-state index contributed by atoms with van der Waals surface area (Å²) in [6, 6.07) is 0. The van der Waals surface area contributed by atoms with Crippen molar-refractivity contribution in [2.75, 3.05) is 24.6 Å². The van der Waals surface area contributed by atoms with Crippen LogP contribution in [0.1, 0.15) is 91.9 Å². The van der Waals surface area contributed by atoms with Gasteiger partial charge < -0.3 is 0 Å². The quantitative estimate of drug-likeness (QED) is 0.172. The first-order chi connectivity index (χ1) is 10.6. The lowest BCUT2D eigenvalue weighted by molar-refractivity contribution is 0.658. The maximum Gasteiger partial charge on any atom is -0.0227 e. The third-order valence-electron chi connectivity index (χ3n) is 3.69. The Morgan fingerprint density at radius 2 is 0.818 bits per heavy atom. The summed E-state index contributed by atoms with van der Waals surface area (Å²) in [5.41, 5.74) is 0. The van der Waals surface area contributed by atoms with Crippen molar-refractivity contribution in [2.45, 2.75) is 91.9 Å². The third kappa shape index (κ3) is 24.1. The Kier molecular flexibility index (Phi) is 27.0. The second-order valence-corrected chi connectivity index (χ2v) is 15.9. The van der Waals surface area contributed by atoms with Crippen molar-refractivity contribution < 1.29 is 0 Å². The van der Waals surface area contributed by atoms with Gasteiger partial charge in [-0.05, 0) is 50.7 Å². The van der Waals surface area contributed by atoms with Crippen molar-refractivity contribution in [1.29, 1.82) is 0 Å². The van der Waals surface area contributed by atoms with E-state index in [9.17, 15) is 0 Å². The smallest absolute Gasteiger partial charge is 0.0227 e. The molecule has 0 saturated heterocycles. The van der Waals surface area contributed by atoms with Gasteiger partial charge in [-0.3, -0.25) is 0 Å². The van der Waals surface area contributed by atoms with E-state index in [1.165, 1.54) is 88.9 Å². The van der Waals surface area contributed by atoms with Crippen molar-refractivity contribution in [3.05, 3.63) is 0 Å². The van der Waals surface area contributed by atoms with Crippen LogP contribution in [0.4, 0.5) is 0 Å². The summed E-state index contributed by atoms with van der Waals surface area (Å²) >= 11 is 7.42. The summed E-state index contributed by atoms with van der Waals surface area (Å²) in [6.45, 7) is 9.50. The summed E-state index contributed by atoms with van der Waals surface area (Å²) in [5.74, 6) is 0. The van der Waals surface area contributed by atoms with Gasteiger partial charge in [0.25, 0.3) is 0 Å². The van der Waals surface area contributed by atoms with E-state index < -0.39 is 0 Å². The lowest BCUT2D eigenvalue weighted by atomic mass is 10.2. The number of hydrogen-bond donors (Lipinski definition) is 0. The average Bonchev–Trinajstić information content (AvgIpc) is 2.54. The highest BCUT2D eigenvalue weighted by Crippen LogP contribution is 2.44. The molecule has 0 aliphatic rings. The summed E-state index contributed by atoms with van der Waals surface area (Å²) in [7, 11) is 0. The minimum atomic E-state index is 0.213. The Labute approximate surface area is 160 Å². The number of halogens is 2. The Hall–Kier alpha value is 1.82. The van der Waals surface area contributed by atoms with Crippen molar-refractivity contribution in [3.63, 3.8) is 0 Å². The second kappa shape index (κ2) is 22.8. The zero-order valence-corrected chi connectivity index (χ0v) is 20.5. The predicted octanol–water partition coefficient (Wildman–Crippen LogP) is 9.54. The van der Waals surface area contributed by atoms with E-state index in [-0.39, 0.29) is 13.2 Å². The molecular weight excluding hydrogens is 438 g/mol. The number of rotatable bonds is 14. The molecule has 0 bridgehead atoms. The van der Waals surface area contributed by atoms with E-state index in [0.717, 1.165) is 0 Å². The molecule has 2 unspecified atom stereocenters. The molecule has 136 valence electrons. The standard InChI is InChI=1S/2C9H20BrP/c2*1-3-5-6-7-8-9-11(10)4-2/h2*3-9H2,1-2H3. The van der Waals surface area contributed by atoms with E-state index in [2.05, 4.69) is 58.7 Å². The fourth-order valence-corrected chi connectivity index (χ4v) is 5.36. The molecule has 0 saturated carbocycles. The van der Waals surface area contributed by atoms with Gasteiger partial charge in [-0.1, -0.05) is 110 Å². The van der Waals surface area contributed by atoms with Gasteiger partial charge in [0.2, 0.25) is 0 Å². The molecular formula is C18H40Br2P2. The normalized spacial score (nSPS) is 13.4. The topological polar surface area (TPSA) is 0 Å². The molecule has 0 N–H and O–H groups in total. The molecule has 0 rings (SSSR count). The van der Waals surface area contributed by atoms with E-state index in [4.69, 9.17) is 0 Å². The van der Waals surface area contributed by atoms with Crippen LogP contribution in [0.25, 0.3) is 0 Å². The lowest BCUT2D eigenvalue weighted by Crippen LogP contribution is -1.83. The average molecular weight is 478 g/mol. The first kappa shape index (κ1) is 26.1. The van der Waals surface area contributed by atoms with Crippen LogP contribution >= 0.6 is 44.2 Å². The predicted molar refractivity (Wildman–Crippen MR) is 120 cm³/mol. The minimum Gasteiger partial charge on any atom is -0.0654 e. The molecule has 0 aliphatic heterocycles. The maximum absolute atomic E-state index is 3.71. The van der Waals surface area contributed by atoms with Crippen molar-refractivity contribution in [1.82, 2.24) is 0 Å². The van der Waals surface area contributed by atoms with Crippen LogP contribution < -0.4 is 0 Å². The van der Waals surface area contributed by atoms with Crippen LogP contribution in [0, 0.1) is 0 Å². The van der Waals surface area contributed by atoms with Crippen molar-refractivity contribution in [2.24, 2.45) is 0 Å². The molecule has 0 radical (unpaired) electrons. The highest BCUT2D eigenvalue weighted by molar-refractivity contribution is 9.39. The van der Waals surface area contributed by atoms with Gasteiger partial charge in [0.05, 0.1) is 0 Å². The molecule has 0 aromatic rings. The van der Waals surface area contributed by atoms with E-state index in [1.807, 2.05) is 0 Å². The van der Waals surface area contributed by atoms with Crippen LogP contribution in [0.5, 0.6) is 0 Å². The van der Waals surface area contributed by atoms with E-state index >= 15 is 0 Å². The maximum atomic E-state index is 3.71. The fourth-order valence-electron chi connectivity index (χ4n) is 2.09. The molecule has 0 amide bonds. The molecule has 0 nitrogen and oxygen atoms in total. The van der Waals surface area contributed by atoms with Crippen LogP contribution in [0.3, 0.4) is 0 Å². The summed E-state index contributed by atoms with van der Waals surface area (Å²) in [5, 5.41) is 0. The molecule has 4 heteroatoms. The Morgan fingerprint density at radius 3 is 1.09 bits per heavy atom. The third-order valence-corrected chi connectivity index (χ3v) is 11.8. The molecule has 0 aromatic heterocycles. The van der Waals surface area contributed by atoms with Crippen molar-refractivity contribution in [3.8, 4) is 0 Å². The van der Waals surface area contributed by atoms with E-state index in [1.54, 1.807) is 0 Å². The van der Waals surface area contributed by atoms with Gasteiger partial charge in [0, 0.05) is 0 Å². The first-order valence-corrected chi connectivity index (χ1v) is 16.9. The second-order valence-electron chi connectivity index (χ2n) is 5.83.